The van der Waals surface area contributed by atoms with Crippen LogP contribution in [0.15, 0.2) is 0 Å². The Morgan fingerprint density at radius 1 is 1.35 bits per heavy atom. The molecule has 0 aliphatic rings. The van der Waals surface area contributed by atoms with Crippen LogP contribution in [-0.4, -0.2) is 55.2 Å². The summed E-state index contributed by atoms with van der Waals surface area (Å²) in [4.78, 5) is 29.1. The molecule has 0 radical (unpaired) electrons. The highest BCUT2D eigenvalue weighted by molar-refractivity contribution is 6.00. The molecule has 0 aromatic carbocycles. The number of amides is 1. The molecule has 1 atom stereocenters. The molecule has 0 aliphatic carbocycles. The quantitative estimate of drug-likeness (QED) is 0.610. The highest BCUT2D eigenvalue weighted by Crippen LogP contribution is 2.21. The number of nitrogens with one attached hydrogen (secondary N) is 1. The van der Waals surface area contributed by atoms with Crippen molar-refractivity contribution in [1.29, 1.82) is 5.26 Å². The van der Waals surface area contributed by atoms with Crippen LogP contribution in [0, 0.1) is 25.2 Å². The second kappa shape index (κ2) is 8.34. The lowest BCUT2D eigenvalue weighted by Gasteiger charge is -2.22. The van der Waals surface area contributed by atoms with Crippen LogP contribution in [0.1, 0.15) is 45.4 Å². The normalized spacial score (nSPS) is 11.7. The third kappa shape index (κ3) is 4.33. The Hall–Kier alpha value is -2.33. The summed E-state index contributed by atoms with van der Waals surface area (Å²) in [6.07, 6.45) is 0.243. The lowest BCUT2D eigenvalue weighted by atomic mass is 10.1. The summed E-state index contributed by atoms with van der Waals surface area (Å²) in [6.45, 7) is 5.68. The number of carbonyl (C=O) groups excluding carboxylic acids is 2. The first-order valence-corrected chi connectivity index (χ1v) is 7.34. The fourth-order valence-corrected chi connectivity index (χ4v) is 2.21. The smallest absolute Gasteiger partial charge is 0.340 e. The summed E-state index contributed by atoms with van der Waals surface area (Å²) in [7, 11) is 3.16. The van der Waals surface area contributed by atoms with E-state index in [4.69, 9.17) is 14.7 Å². The monoisotopic (exact) mass is 321 g/mol. The first-order valence-electron chi connectivity index (χ1n) is 7.34. The van der Waals surface area contributed by atoms with Crippen molar-refractivity contribution >= 4 is 11.9 Å². The Kier molecular flexibility index (Phi) is 6.79. The first-order chi connectivity index (χ1) is 10.8. The number of methoxy groups -OCH3 is 1. The number of esters is 1. The summed E-state index contributed by atoms with van der Waals surface area (Å²) >= 11 is 0. The van der Waals surface area contributed by atoms with Crippen molar-refractivity contribution in [3.63, 3.8) is 0 Å². The van der Waals surface area contributed by atoms with Gasteiger partial charge >= 0.3 is 5.97 Å². The van der Waals surface area contributed by atoms with Gasteiger partial charge in [0.2, 0.25) is 0 Å². The molecule has 7 nitrogen and oxygen atoms in total. The molecule has 0 bridgehead atoms. The van der Waals surface area contributed by atoms with Crippen molar-refractivity contribution in [3.8, 4) is 6.07 Å². The minimum absolute atomic E-state index is 0.155. The maximum Gasteiger partial charge on any atom is 0.340 e. The van der Waals surface area contributed by atoms with Crippen LogP contribution in [0.2, 0.25) is 0 Å². The van der Waals surface area contributed by atoms with Crippen molar-refractivity contribution in [3.05, 3.63) is 22.5 Å². The number of carbonyl (C=O) groups is 2. The number of aryl methyl sites for hydroxylation is 1. The van der Waals surface area contributed by atoms with Gasteiger partial charge in [0.1, 0.15) is 12.3 Å². The number of hydrogen-bond donors (Lipinski definition) is 1. The Morgan fingerprint density at radius 3 is 2.57 bits per heavy atom. The van der Waals surface area contributed by atoms with E-state index in [1.54, 1.807) is 27.8 Å². The number of ether oxygens (including phenoxy) is 2. The zero-order valence-electron chi connectivity index (χ0n) is 14.2. The maximum absolute atomic E-state index is 12.5. The van der Waals surface area contributed by atoms with Gasteiger partial charge in [0.15, 0.2) is 0 Å². The van der Waals surface area contributed by atoms with Crippen LogP contribution in [-0.2, 0) is 9.47 Å². The average molecular weight is 321 g/mol. The van der Waals surface area contributed by atoms with Gasteiger partial charge in [-0.3, -0.25) is 4.79 Å². The highest BCUT2D eigenvalue weighted by atomic mass is 16.6. The number of rotatable bonds is 7. The van der Waals surface area contributed by atoms with Gasteiger partial charge in [-0.25, -0.2) is 4.79 Å². The Bertz CT molecular complexity index is 616. The molecule has 0 aliphatic heterocycles. The predicted octanol–water partition coefficient (Wildman–Crippen LogP) is 1.81. The van der Waals surface area contributed by atoms with Crippen LogP contribution in [0.3, 0.4) is 0 Å². The lowest BCUT2D eigenvalue weighted by molar-refractivity contribution is 0.0387. The van der Waals surface area contributed by atoms with E-state index in [1.165, 1.54) is 12.0 Å². The molecule has 1 aromatic rings. The van der Waals surface area contributed by atoms with Gasteiger partial charge in [-0.05, 0) is 26.3 Å². The summed E-state index contributed by atoms with van der Waals surface area (Å²) in [5.74, 6) is -0.746. The minimum atomic E-state index is -0.486. The largest absolute Gasteiger partial charge is 0.460 e. The molecule has 1 amide bonds. The minimum Gasteiger partial charge on any atom is -0.460 e. The number of H-pyrrole nitrogens is 1. The van der Waals surface area contributed by atoms with Gasteiger partial charge in [-0.15, -0.1) is 0 Å². The van der Waals surface area contributed by atoms with E-state index < -0.39 is 5.97 Å². The van der Waals surface area contributed by atoms with Crippen molar-refractivity contribution in [2.24, 2.45) is 0 Å². The summed E-state index contributed by atoms with van der Waals surface area (Å²) in [6, 6.07) is 1.83. The van der Waals surface area contributed by atoms with Crippen LogP contribution >= 0.6 is 0 Å². The van der Waals surface area contributed by atoms with E-state index in [2.05, 4.69) is 4.98 Å². The predicted molar refractivity (Wildman–Crippen MR) is 84.2 cm³/mol. The van der Waals surface area contributed by atoms with E-state index in [0.29, 0.717) is 29.1 Å². The van der Waals surface area contributed by atoms with Crippen LogP contribution in [0.25, 0.3) is 0 Å². The molecular formula is C16H23N3O4. The Labute approximate surface area is 136 Å². The number of nitriles is 1. The molecule has 1 rings (SSSR count). The summed E-state index contributed by atoms with van der Waals surface area (Å²) < 4.78 is 9.96. The Balaban J connectivity index is 2.99. The molecule has 126 valence electrons. The van der Waals surface area contributed by atoms with Crippen molar-refractivity contribution in [2.45, 2.75) is 33.2 Å². The van der Waals surface area contributed by atoms with E-state index in [1.807, 2.05) is 6.07 Å². The zero-order valence-corrected chi connectivity index (χ0v) is 14.2. The topological polar surface area (TPSA) is 95.4 Å². The molecule has 1 heterocycles. The van der Waals surface area contributed by atoms with Crippen LogP contribution in [0.4, 0.5) is 0 Å². The van der Waals surface area contributed by atoms with Gasteiger partial charge in [-0.1, -0.05) is 0 Å². The molecular weight excluding hydrogens is 298 g/mol. The fourth-order valence-electron chi connectivity index (χ4n) is 2.21. The Morgan fingerprint density at radius 2 is 2.00 bits per heavy atom. The molecule has 0 fully saturated rings. The average Bonchev–Trinajstić information content (AvgIpc) is 2.81. The van der Waals surface area contributed by atoms with E-state index in [9.17, 15) is 9.59 Å². The molecule has 7 heteroatoms. The SMILES string of the molecule is COCCOC(=O)c1c(C)[nH]c(C(=O)N(C)C(C)CC#N)c1C. The van der Waals surface area contributed by atoms with Gasteiger partial charge in [0, 0.05) is 25.9 Å². The van der Waals surface area contributed by atoms with E-state index in [0.717, 1.165) is 0 Å². The fraction of sp³-hybridized carbons (Fsp3) is 0.562. The van der Waals surface area contributed by atoms with Crippen molar-refractivity contribution in [1.82, 2.24) is 9.88 Å². The van der Waals surface area contributed by atoms with Gasteiger partial charge in [0.25, 0.3) is 5.91 Å². The number of hydrogen-bond acceptors (Lipinski definition) is 5. The molecule has 0 spiro atoms. The van der Waals surface area contributed by atoms with Crippen LogP contribution in [0.5, 0.6) is 0 Å². The first kappa shape index (κ1) is 18.7. The van der Waals surface area contributed by atoms with E-state index in [-0.39, 0.29) is 25.0 Å². The standard InChI is InChI=1S/C16H23N3O4/c1-10(6-7-17)19(4)15(20)14-11(2)13(12(3)18-14)16(21)23-9-8-22-5/h10,18H,6,8-9H2,1-5H3. The molecule has 23 heavy (non-hydrogen) atoms. The molecule has 1 N–H and O–H groups in total. The van der Waals surface area contributed by atoms with Gasteiger partial charge < -0.3 is 19.4 Å². The maximum atomic E-state index is 12.5. The molecule has 1 aromatic heterocycles. The van der Waals surface area contributed by atoms with Crippen LogP contribution < -0.4 is 0 Å². The summed E-state index contributed by atoms with van der Waals surface area (Å²) in [5, 5.41) is 8.75. The van der Waals surface area contributed by atoms with E-state index >= 15 is 0 Å². The lowest BCUT2D eigenvalue weighted by Crippen LogP contribution is -2.35. The van der Waals surface area contributed by atoms with Gasteiger partial charge in [-0.2, -0.15) is 5.26 Å². The number of aromatic amines is 1. The summed E-state index contributed by atoms with van der Waals surface area (Å²) in [5.41, 5.74) is 1.83. The second-order valence-corrected chi connectivity index (χ2v) is 5.38. The van der Waals surface area contributed by atoms with Crippen molar-refractivity contribution in [2.75, 3.05) is 27.4 Å². The third-order valence-corrected chi connectivity index (χ3v) is 3.74. The molecule has 1 unspecified atom stereocenters. The van der Waals surface area contributed by atoms with Crippen molar-refractivity contribution < 1.29 is 19.1 Å². The highest BCUT2D eigenvalue weighted by Gasteiger charge is 2.26. The third-order valence-electron chi connectivity index (χ3n) is 3.74. The zero-order chi connectivity index (χ0) is 17.6. The number of aromatic nitrogens is 1. The van der Waals surface area contributed by atoms with Gasteiger partial charge in [0.05, 0.1) is 24.7 Å². The number of nitrogens with zero attached hydrogens (tertiary/aromatic N) is 2. The molecule has 0 saturated carbocycles. The second-order valence-electron chi connectivity index (χ2n) is 5.38. The molecule has 0 saturated heterocycles.